The molecule has 1 aliphatic heterocycles. The molecule has 1 aromatic heterocycles. The van der Waals surface area contributed by atoms with Crippen LogP contribution < -0.4 is 4.74 Å². The molecular formula is C26H28O8. The fourth-order valence-corrected chi connectivity index (χ4v) is 4.34. The molecule has 1 aliphatic rings. The third-order valence-electron chi connectivity index (χ3n) is 6.11. The topological polar surface area (TPSA) is 130 Å². The molecule has 4 N–H and O–H groups in total. The number of rotatable bonds is 7. The number of aryl methyl sites for hydroxylation is 1. The molecule has 0 amide bonds. The van der Waals surface area contributed by atoms with E-state index in [9.17, 15) is 25.2 Å². The van der Waals surface area contributed by atoms with Gasteiger partial charge in [-0.05, 0) is 54.0 Å². The molecule has 5 atom stereocenters. The number of aliphatic hydroxyl groups is 4. The minimum Gasteiger partial charge on any atom is -0.496 e. The van der Waals surface area contributed by atoms with Gasteiger partial charge in [-0.2, -0.15) is 0 Å². The van der Waals surface area contributed by atoms with Gasteiger partial charge in [0.25, 0.3) is 0 Å². The normalized spacial score (nSPS) is 25.2. The summed E-state index contributed by atoms with van der Waals surface area (Å²) in [5, 5.41) is 41.1. The molecule has 180 valence electrons. The Kier molecular flexibility index (Phi) is 7.16. The number of ketones is 1. The Labute approximate surface area is 196 Å². The van der Waals surface area contributed by atoms with Crippen molar-refractivity contribution in [2.45, 2.75) is 43.9 Å². The highest BCUT2D eigenvalue weighted by Crippen LogP contribution is 2.30. The molecule has 5 unspecified atom stereocenters. The summed E-state index contributed by atoms with van der Waals surface area (Å²) >= 11 is 0. The molecule has 4 rings (SSSR count). The molecular weight excluding hydrogens is 440 g/mol. The lowest BCUT2D eigenvalue weighted by atomic mass is 9.88. The number of methoxy groups -OCH3 is 1. The maximum absolute atomic E-state index is 13.3. The number of benzene rings is 2. The number of aliphatic hydroxyl groups excluding tert-OH is 4. The number of ether oxygens (including phenoxy) is 2. The molecule has 8 heteroatoms. The molecule has 0 spiro atoms. The predicted molar refractivity (Wildman–Crippen MR) is 125 cm³/mol. The molecule has 8 nitrogen and oxygen atoms in total. The summed E-state index contributed by atoms with van der Waals surface area (Å²) in [5.74, 6) is 0.0725. The second-order valence-corrected chi connectivity index (χ2v) is 8.49. The third-order valence-corrected chi connectivity index (χ3v) is 6.11. The summed E-state index contributed by atoms with van der Waals surface area (Å²) in [6, 6.07) is 11.0. The first-order chi connectivity index (χ1) is 16.3. The van der Waals surface area contributed by atoms with Gasteiger partial charge in [0, 0.05) is 11.8 Å². The van der Waals surface area contributed by atoms with Gasteiger partial charge in [0.05, 0.1) is 31.6 Å². The van der Waals surface area contributed by atoms with Crippen molar-refractivity contribution >= 4 is 22.8 Å². The van der Waals surface area contributed by atoms with Crippen LogP contribution in [0.2, 0.25) is 0 Å². The number of carbonyl (C=O) groups is 1. The van der Waals surface area contributed by atoms with E-state index < -0.39 is 37.1 Å². The maximum Gasteiger partial charge on any atom is 0.189 e. The Hall–Kier alpha value is -3.01. The Morgan fingerprint density at radius 3 is 2.56 bits per heavy atom. The van der Waals surface area contributed by atoms with E-state index in [0.29, 0.717) is 16.9 Å². The largest absolute Gasteiger partial charge is 0.496 e. The fraction of sp³-hybridized carbons (Fsp3) is 0.346. The first kappa shape index (κ1) is 24.1. The summed E-state index contributed by atoms with van der Waals surface area (Å²) in [7, 11) is 1.47. The molecule has 0 radical (unpaired) electrons. The van der Waals surface area contributed by atoms with Crippen molar-refractivity contribution in [3.05, 3.63) is 71.0 Å². The number of hydrogen-bond donors (Lipinski definition) is 4. The third kappa shape index (κ3) is 4.77. The molecule has 2 heterocycles. The summed E-state index contributed by atoms with van der Waals surface area (Å²) in [4.78, 5) is 13.3. The van der Waals surface area contributed by atoms with Crippen LogP contribution in [0.15, 0.2) is 53.2 Å². The van der Waals surface area contributed by atoms with Crippen molar-refractivity contribution in [2.24, 2.45) is 0 Å². The summed E-state index contributed by atoms with van der Waals surface area (Å²) < 4.78 is 16.5. The number of fused-ring (bicyclic) bond motifs is 1. The molecule has 0 aliphatic carbocycles. The monoisotopic (exact) mass is 468 g/mol. The molecule has 0 bridgehead atoms. The fourth-order valence-electron chi connectivity index (χ4n) is 4.34. The zero-order chi connectivity index (χ0) is 24.4. The minimum absolute atomic E-state index is 0.0649. The van der Waals surface area contributed by atoms with E-state index in [4.69, 9.17) is 13.9 Å². The van der Waals surface area contributed by atoms with E-state index in [1.54, 1.807) is 24.5 Å². The molecule has 1 fully saturated rings. The number of furan rings is 1. The Balaban J connectivity index is 1.64. The number of allylic oxidation sites excluding steroid dienone is 1. The second kappa shape index (κ2) is 10.1. The van der Waals surface area contributed by atoms with E-state index in [1.807, 2.05) is 31.2 Å². The van der Waals surface area contributed by atoms with Crippen molar-refractivity contribution in [3.63, 3.8) is 0 Å². The van der Waals surface area contributed by atoms with Gasteiger partial charge in [0.1, 0.15) is 35.7 Å². The predicted octanol–water partition coefficient (Wildman–Crippen LogP) is 2.03. The highest BCUT2D eigenvalue weighted by molar-refractivity contribution is 6.10. The van der Waals surface area contributed by atoms with Gasteiger partial charge in [-0.1, -0.05) is 18.2 Å². The zero-order valence-electron chi connectivity index (χ0n) is 18.9. The smallest absolute Gasteiger partial charge is 0.189 e. The molecule has 2 aromatic carbocycles. The van der Waals surface area contributed by atoms with Gasteiger partial charge in [0.15, 0.2) is 5.78 Å². The highest BCUT2D eigenvalue weighted by Gasteiger charge is 2.43. The van der Waals surface area contributed by atoms with Crippen LogP contribution in [-0.2, 0) is 11.2 Å². The minimum atomic E-state index is -1.49. The van der Waals surface area contributed by atoms with Crippen LogP contribution in [0, 0.1) is 6.92 Å². The van der Waals surface area contributed by atoms with E-state index in [0.717, 1.165) is 22.1 Å². The Morgan fingerprint density at radius 1 is 1.06 bits per heavy atom. The second-order valence-electron chi connectivity index (χ2n) is 8.49. The quantitative estimate of drug-likeness (QED) is 0.306. The van der Waals surface area contributed by atoms with E-state index in [1.165, 1.54) is 13.2 Å². The Bertz CT molecular complexity index is 1190. The lowest BCUT2D eigenvalue weighted by Crippen LogP contribution is -2.59. The van der Waals surface area contributed by atoms with Gasteiger partial charge in [-0.15, -0.1) is 0 Å². The van der Waals surface area contributed by atoms with Crippen molar-refractivity contribution in [3.8, 4) is 5.75 Å². The van der Waals surface area contributed by atoms with Gasteiger partial charge >= 0.3 is 0 Å². The average Bonchev–Trinajstić information content (AvgIpc) is 3.30. The van der Waals surface area contributed by atoms with Crippen LogP contribution in [0.5, 0.6) is 5.75 Å². The highest BCUT2D eigenvalue weighted by atomic mass is 16.5. The van der Waals surface area contributed by atoms with Crippen LogP contribution in [0.1, 0.15) is 27.0 Å². The van der Waals surface area contributed by atoms with Gasteiger partial charge in [-0.3, -0.25) is 4.79 Å². The van der Waals surface area contributed by atoms with Gasteiger partial charge < -0.3 is 34.3 Å². The molecule has 34 heavy (non-hydrogen) atoms. The van der Waals surface area contributed by atoms with Gasteiger partial charge in [0.2, 0.25) is 0 Å². The lowest BCUT2D eigenvalue weighted by Gasteiger charge is -2.40. The number of hydrogen-bond acceptors (Lipinski definition) is 8. The van der Waals surface area contributed by atoms with E-state index >= 15 is 0 Å². The van der Waals surface area contributed by atoms with E-state index in [-0.39, 0.29) is 12.2 Å². The van der Waals surface area contributed by atoms with Crippen LogP contribution in [0.4, 0.5) is 0 Å². The molecule has 3 aromatic rings. The van der Waals surface area contributed by atoms with Crippen LogP contribution in [0.25, 0.3) is 17.0 Å². The SMILES string of the molecule is COc1cc(C)cc(CC2OC(CO)C(O)C(O)C2O)c1C(=O)C=Cc1ccc2occc2c1. The Morgan fingerprint density at radius 2 is 1.82 bits per heavy atom. The summed E-state index contributed by atoms with van der Waals surface area (Å²) in [5.41, 5.74) is 3.28. The van der Waals surface area contributed by atoms with Crippen LogP contribution in [0.3, 0.4) is 0 Å². The first-order valence-electron chi connectivity index (χ1n) is 11.0. The van der Waals surface area contributed by atoms with Crippen molar-refractivity contribution < 1.29 is 39.1 Å². The summed E-state index contributed by atoms with van der Waals surface area (Å²) in [6.45, 7) is 1.33. The van der Waals surface area contributed by atoms with Gasteiger partial charge in [-0.25, -0.2) is 0 Å². The van der Waals surface area contributed by atoms with Crippen molar-refractivity contribution in [1.29, 1.82) is 0 Å². The standard InChI is InChI=1S/C26H28O8/c1-14-9-17(12-21-24(29)26(31)25(30)22(13-27)34-21)23(20(10-14)32-2)18(28)5-3-15-4-6-19-16(11-15)7-8-33-19/h3-11,21-22,24-27,29-31H,12-13H2,1-2H3. The van der Waals surface area contributed by atoms with E-state index in [2.05, 4.69) is 0 Å². The summed E-state index contributed by atoms with van der Waals surface area (Å²) in [6.07, 6.45) is -1.48. The van der Waals surface area contributed by atoms with Crippen LogP contribution in [-0.4, -0.2) is 70.4 Å². The zero-order valence-corrected chi connectivity index (χ0v) is 18.9. The van der Waals surface area contributed by atoms with Crippen LogP contribution >= 0.6 is 0 Å². The average molecular weight is 469 g/mol. The lowest BCUT2D eigenvalue weighted by molar-refractivity contribution is -0.228. The van der Waals surface area contributed by atoms with Crippen molar-refractivity contribution in [2.75, 3.05) is 13.7 Å². The maximum atomic E-state index is 13.3. The van der Waals surface area contributed by atoms with Crippen molar-refractivity contribution in [1.82, 2.24) is 0 Å². The number of carbonyl (C=O) groups excluding carboxylic acids is 1. The molecule has 0 saturated carbocycles. The first-order valence-corrected chi connectivity index (χ1v) is 11.0. The molecule has 1 saturated heterocycles.